The van der Waals surface area contributed by atoms with Gasteiger partial charge in [-0.25, -0.2) is 0 Å². The van der Waals surface area contributed by atoms with Gasteiger partial charge in [0.1, 0.15) is 0 Å². The van der Waals surface area contributed by atoms with Gasteiger partial charge in [-0.2, -0.15) is 0 Å². The molecule has 1 unspecified atom stereocenters. The summed E-state index contributed by atoms with van der Waals surface area (Å²) in [7, 11) is 0. The van der Waals surface area contributed by atoms with Crippen LogP contribution in [0.25, 0.3) is 11.1 Å². The largest absolute Gasteiger partial charge is 0.329 e. The maximum absolute atomic E-state index is 5.88. The molecule has 0 bridgehead atoms. The van der Waals surface area contributed by atoms with E-state index in [9.17, 15) is 0 Å². The second kappa shape index (κ2) is 7.22. The SMILES string of the molecule is CC(C)CNC(CN)c1ccc(-c2ccccc2)cc1. The minimum absolute atomic E-state index is 0.238. The summed E-state index contributed by atoms with van der Waals surface area (Å²) >= 11 is 0. The van der Waals surface area contributed by atoms with E-state index in [0.29, 0.717) is 12.5 Å². The molecule has 0 aliphatic rings. The average molecular weight is 268 g/mol. The number of hydrogen-bond donors (Lipinski definition) is 2. The third-order valence-electron chi connectivity index (χ3n) is 3.43. The number of benzene rings is 2. The Bertz CT molecular complexity index is 503. The van der Waals surface area contributed by atoms with Gasteiger partial charge in [0, 0.05) is 12.6 Å². The Balaban J connectivity index is 2.10. The quantitative estimate of drug-likeness (QED) is 0.840. The maximum Gasteiger partial charge on any atom is 0.0444 e. The first-order valence-electron chi connectivity index (χ1n) is 7.29. The van der Waals surface area contributed by atoms with Gasteiger partial charge < -0.3 is 11.1 Å². The van der Waals surface area contributed by atoms with E-state index in [4.69, 9.17) is 5.73 Å². The fourth-order valence-electron chi connectivity index (χ4n) is 2.25. The predicted molar refractivity (Wildman–Crippen MR) is 86.5 cm³/mol. The Morgan fingerprint density at radius 1 is 0.900 bits per heavy atom. The van der Waals surface area contributed by atoms with E-state index in [-0.39, 0.29) is 6.04 Å². The van der Waals surface area contributed by atoms with E-state index in [2.05, 4.69) is 67.7 Å². The first-order chi connectivity index (χ1) is 9.70. The molecule has 0 fully saturated rings. The van der Waals surface area contributed by atoms with Crippen molar-refractivity contribution in [2.24, 2.45) is 11.7 Å². The maximum atomic E-state index is 5.88. The van der Waals surface area contributed by atoms with Crippen LogP contribution in [0.4, 0.5) is 0 Å². The summed E-state index contributed by atoms with van der Waals surface area (Å²) in [6, 6.07) is 19.4. The van der Waals surface area contributed by atoms with Crippen molar-refractivity contribution < 1.29 is 0 Å². The molecule has 0 spiro atoms. The van der Waals surface area contributed by atoms with Gasteiger partial charge in [-0.1, -0.05) is 68.4 Å². The number of rotatable bonds is 6. The standard InChI is InChI=1S/C18H24N2/c1-14(2)13-20-18(12-19)17-10-8-16(9-11-17)15-6-4-3-5-7-15/h3-11,14,18,20H,12-13,19H2,1-2H3. The fourth-order valence-corrected chi connectivity index (χ4v) is 2.25. The molecule has 2 nitrogen and oxygen atoms in total. The van der Waals surface area contributed by atoms with E-state index < -0.39 is 0 Å². The van der Waals surface area contributed by atoms with Crippen molar-refractivity contribution in [3.8, 4) is 11.1 Å². The molecule has 0 saturated heterocycles. The van der Waals surface area contributed by atoms with Crippen molar-refractivity contribution in [2.45, 2.75) is 19.9 Å². The molecule has 0 aliphatic carbocycles. The molecule has 2 rings (SSSR count). The zero-order chi connectivity index (χ0) is 14.4. The van der Waals surface area contributed by atoms with Crippen LogP contribution in [0.15, 0.2) is 54.6 Å². The molecular formula is C18H24N2. The molecule has 2 heteroatoms. The second-order valence-corrected chi connectivity index (χ2v) is 5.58. The minimum Gasteiger partial charge on any atom is -0.329 e. The molecule has 0 heterocycles. The van der Waals surface area contributed by atoms with Gasteiger partial charge in [0.15, 0.2) is 0 Å². The lowest BCUT2D eigenvalue weighted by Crippen LogP contribution is -2.30. The van der Waals surface area contributed by atoms with Gasteiger partial charge in [0.2, 0.25) is 0 Å². The topological polar surface area (TPSA) is 38.0 Å². The van der Waals surface area contributed by atoms with Crippen LogP contribution < -0.4 is 11.1 Å². The third kappa shape index (κ3) is 3.92. The second-order valence-electron chi connectivity index (χ2n) is 5.58. The molecule has 3 N–H and O–H groups in total. The Labute approximate surface area is 122 Å². The lowest BCUT2D eigenvalue weighted by Gasteiger charge is -2.19. The molecule has 0 aromatic heterocycles. The van der Waals surface area contributed by atoms with Crippen molar-refractivity contribution in [3.63, 3.8) is 0 Å². The van der Waals surface area contributed by atoms with E-state index in [1.165, 1.54) is 16.7 Å². The normalized spacial score (nSPS) is 12.6. The summed E-state index contributed by atoms with van der Waals surface area (Å²) in [6.45, 7) is 6.03. The smallest absolute Gasteiger partial charge is 0.0444 e. The van der Waals surface area contributed by atoms with Crippen LogP contribution in [0.3, 0.4) is 0 Å². The van der Waals surface area contributed by atoms with Crippen LogP contribution in [-0.4, -0.2) is 13.1 Å². The molecule has 0 aliphatic heterocycles. The van der Waals surface area contributed by atoms with Gasteiger partial charge in [-0.05, 0) is 29.2 Å². The lowest BCUT2D eigenvalue weighted by molar-refractivity contribution is 0.479. The number of hydrogen-bond acceptors (Lipinski definition) is 2. The highest BCUT2D eigenvalue weighted by atomic mass is 14.9. The lowest BCUT2D eigenvalue weighted by atomic mass is 10.0. The molecule has 0 radical (unpaired) electrons. The van der Waals surface area contributed by atoms with Gasteiger partial charge in [0.05, 0.1) is 0 Å². The molecule has 2 aromatic rings. The molecule has 106 valence electrons. The van der Waals surface area contributed by atoms with E-state index in [1.54, 1.807) is 0 Å². The highest BCUT2D eigenvalue weighted by Crippen LogP contribution is 2.21. The van der Waals surface area contributed by atoms with Crippen molar-refractivity contribution >= 4 is 0 Å². The molecule has 2 aromatic carbocycles. The third-order valence-corrected chi connectivity index (χ3v) is 3.43. The van der Waals surface area contributed by atoms with Crippen LogP contribution in [0, 0.1) is 5.92 Å². The number of nitrogens with one attached hydrogen (secondary N) is 1. The Morgan fingerprint density at radius 3 is 2.05 bits per heavy atom. The fraction of sp³-hybridized carbons (Fsp3) is 0.333. The molecular weight excluding hydrogens is 244 g/mol. The zero-order valence-corrected chi connectivity index (χ0v) is 12.3. The van der Waals surface area contributed by atoms with Crippen LogP contribution in [0.1, 0.15) is 25.5 Å². The van der Waals surface area contributed by atoms with Gasteiger partial charge >= 0.3 is 0 Å². The minimum atomic E-state index is 0.238. The highest BCUT2D eigenvalue weighted by molar-refractivity contribution is 5.63. The van der Waals surface area contributed by atoms with Crippen LogP contribution in [0.5, 0.6) is 0 Å². The van der Waals surface area contributed by atoms with Gasteiger partial charge in [-0.3, -0.25) is 0 Å². The molecule has 0 saturated carbocycles. The Kier molecular flexibility index (Phi) is 5.33. The Hall–Kier alpha value is -1.64. The molecule has 1 atom stereocenters. The molecule has 0 amide bonds. The van der Waals surface area contributed by atoms with Crippen molar-refractivity contribution in [1.29, 1.82) is 0 Å². The number of nitrogens with two attached hydrogens (primary N) is 1. The summed E-state index contributed by atoms with van der Waals surface area (Å²) in [5, 5.41) is 3.52. The van der Waals surface area contributed by atoms with Crippen molar-refractivity contribution in [1.82, 2.24) is 5.32 Å². The predicted octanol–water partition coefficient (Wildman–Crippen LogP) is 3.60. The van der Waals surface area contributed by atoms with Crippen LogP contribution in [-0.2, 0) is 0 Å². The van der Waals surface area contributed by atoms with Crippen LogP contribution in [0.2, 0.25) is 0 Å². The van der Waals surface area contributed by atoms with E-state index in [0.717, 1.165) is 6.54 Å². The van der Waals surface area contributed by atoms with Crippen molar-refractivity contribution in [2.75, 3.05) is 13.1 Å². The summed E-state index contributed by atoms with van der Waals surface area (Å²) < 4.78 is 0. The summed E-state index contributed by atoms with van der Waals surface area (Å²) in [4.78, 5) is 0. The summed E-state index contributed by atoms with van der Waals surface area (Å²) in [5.41, 5.74) is 9.63. The summed E-state index contributed by atoms with van der Waals surface area (Å²) in [5.74, 6) is 0.632. The first kappa shape index (κ1) is 14.8. The van der Waals surface area contributed by atoms with E-state index in [1.807, 2.05) is 6.07 Å². The van der Waals surface area contributed by atoms with E-state index >= 15 is 0 Å². The first-order valence-corrected chi connectivity index (χ1v) is 7.29. The highest BCUT2D eigenvalue weighted by Gasteiger charge is 2.09. The average Bonchev–Trinajstić information content (AvgIpc) is 2.49. The van der Waals surface area contributed by atoms with Crippen molar-refractivity contribution in [3.05, 3.63) is 60.2 Å². The van der Waals surface area contributed by atoms with Crippen LogP contribution >= 0.6 is 0 Å². The summed E-state index contributed by atoms with van der Waals surface area (Å²) in [6.07, 6.45) is 0. The van der Waals surface area contributed by atoms with Gasteiger partial charge in [-0.15, -0.1) is 0 Å². The van der Waals surface area contributed by atoms with Gasteiger partial charge in [0.25, 0.3) is 0 Å². The molecule has 20 heavy (non-hydrogen) atoms. The monoisotopic (exact) mass is 268 g/mol. The zero-order valence-electron chi connectivity index (χ0n) is 12.3. The Morgan fingerprint density at radius 2 is 1.50 bits per heavy atom.